The van der Waals surface area contributed by atoms with Crippen molar-refractivity contribution in [2.75, 3.05) is 13.2 Å². The second-order valence-electron chi connectivity index (χ2n) is 7.53. The Morgan fingerprint density at radius 1 is 0.633 bits per heavy atom. The third-order valence-corrected chi connectivity index (χ3v) is 5.03. The molecular weight excluding hydrogens is 376 g/mol. The van der Waals surface area contributed by atoms with Gasteiger partial charge in [0.1, 0.15) is 0 Å². The number of hydrogen-bond donors (Lipinski definition) is 0. The maximum absolute atomic E-state index is 12.5. The highest BCUT2D eigenvalue weighted by molar-refractivity contribution is 6.03. The van der Waals surface area contributed by atoms with Crippen molar-refractivity contribution in [1.82, 2.24) is 0 Å². The van der Waals surface area contributed by atoms with Crippen LogP contribution >= 0.6 is 0 Å². The summed E-state index contributed by atoms with van der Waals surface area (Å²) in [5, 5.41) is 0. The van der Waals surface area contributed by atoms with Crippen molar-refractivity contribution in [3.05, 3.63) is 71.3 Å². The molecule has 0 aromatic heterocycles. The van der Waals surface area contributed by atoms with Crippen LogP contribution in [0.1, 0.15) is 84.6 Å². The van der Waals surface area contributed by atoms with E-state index < -0.39 is 11.9 Å². The number of esters is 2. The number of aryl methyl sites for hydroxylation is 1. The lowest BCUT2D eigenvalue weighted by atomic mass is 10.1. The van der Waals surface area contributed by atoms with Crippen molar-refractivity contribution >= 4 is 11.9 Å². The molecule has 0 aliphatic heterocycles. The van der Waals surface area contributed by atoms with Crippen LogP contribution in [0.2, 0.25) is 0 Å². The topological polar surface area (TPSA) is 52.6 Å². The second-order valence-corrected chi connectivity index (χ2v) is 7.53. The minimum atomic E-state index is -0.480. The van der Waals surface area contributed by atoms with E-state index >= 15 is 0 Å². The average molecular weight is 411 g/mol. The number of carbonyl (C=O) groups excluding carboxylic acids is 2. The van der Waals surface area contributed by atoms with Crippen LogP contribution in [0.15, 0.2) is 54.6 Å². The van der Waals surface area contributed by atoms with Crippen LogP contribution in [0.25, 0.3) is 0 Å². The maximum atomic E-state index is 12.5. The van der Waals surface area contributed by atoms with Crippen LogP contribution in [-0.2, 0) is 15.9 Å². The molecule has 0 atom stereocenters. The zero-order chi connectivity index (χ0) is 21.4. The van der Waals surface area contributed by atoms with Crippen molar-refractivity contribution in [3.8, 4) is 0 Å². The van der Waals surface area contributed by atoms with Gasteiger partial charge in [-0.15, -0.1) is 0 Å². The Bertz CT molecular complexity index is 755. The van der Waals surface area contributed by atoms with Gasteiger partial charge in [0.05, 0.1) is 24.3 Å². The minimum Gasteiger partial charge on any atom is -0.462 e. The monoisotopic (exact) mass is 410 g/mol. The Morgan fingerprint density at radius 2 is 1.13 bits per heavy atom. The van der Waals surface area contributed by atoms with Crippen molar-refractivity contribution in [2.24, 2.45) is 0 Å². The molecule has 4 nitrogen and oxygen atoms in total. The van der Waals surface area contributed by atoms with Gasteiger partial charge in [-0.2, -0.15) is 0 Å². The maximum Gasteiger partial charge on any atom is 0.339 e. The number of benzene rings is 2. The number of carbonyl (C=O) groups is 2. The summed E-state index contributed by atoms with van der Waals surface area (Å²) in [5.41, 5.74) is 1.75. The molecular formula is C26H34O4. The Balaban J connectivity index is 1.72. The van der Waals surface area contributed by atoms with E-state index in [0.29, 0.717) is 13.2 Å². The molecule has 0 unspecified atom stereocenters. The molecule has 0 heterocycles. The Labute approximate surface area is 180 Å². The van der Waals surface area contributed by atoms with Crippen LogP contribution in [0, 0.1) is 0 Å². The van der Waals surface area contributed by atoms with Gasteiger partial charge in [-0.1, -0.05) is 87.9 Å². The lowest BCUT2D eigenvalue weighted by Crippen LogP contribution is -2.15. The highest BCUT2D eigenvalue weighted by atomic mass is 16.5. The fourth-order valence-corrected chi connectivity index (χ4v) is 3.30. The van der Waals surface area contributed by atoms with Gasteiger partial charge >= 0.3 is 11.9 Å². The van der Waals surface area contributed by atoms with E-state index in [9.17, 15) is 9.59 Å². The summed E-state index contributed by atoms with van der Waals surface area (Å²) in [6.45, 7) is 2.90. The molecule has 2 rings (SSSR count). The van der Waals surface area contributed by atoms with Crippen molar-refractivity contribution in [2.45, 2.75) is 64.7 Å². The molecule has 0 fully saturated rings. The molecule has 0 aliphatic carbocycles. The van der Waals surface area contributed by atoms with Crippen molar-refractivity contribution in [3.63, 3.8) is 0 Å². The molecule has 2 aromatic carbocycles. The van der Waals surface area contributed by atoms with Gasteiger partial charge in [0.15, 0.2) is 0 Å². The molecule has 0 saturated heterocycles. The van der Waals surface area contributed by atoms with Crippen molar-refractivity contribution in [1.29, 1.82) is 0 Å². The molecule has 0 bridgehead atoms. The normalized spacial score (nSPS) is 10.6. The summed E-state index contributed by atoms with van der Waals surface area (Å²) in [5.74, 6) is -0.940. The number of hydrogen-bond acceptors (Lipinski definition) is 4. The summed E-state index contributed by atoms with van der Waals surface area (Å²) in [4.78, 5) is 24.9. The lowest BCUT2D eigenvalue weighted by Gasteiger charge is -2.10. The van der Waals surface area contributed by atoms with Crippen LogP contribution in [0.3, 0.4) is 0 Å². The first kappa shape index (κ1) is 23.7. The summed E-state index contributed by atoms with van der Waals surface area (Å²) >= 11 is 0. The molecule has 0 amide bonds. The van der Waals surface area contributed by atoms with E-state index in [2.05, 4.69) is 19.1 Å². The van der Waals surface area contributed by atoms with Gasteiger partial charge in [0.2, 0.25) is 0 Å². The summed E-state index contributed by atoms with van der Waals surface area (Å²) < 4.78 is 10.8. The largest absolute Gasteiger partial charge is 0.462 e. The lowest BCUT2D eigenvalue weighted by molar-refractivity contribution is 0.0452. The first-order valence-electron chi connectivity index (χ1n) is 11.2. The van der Waals surface area contributed by atoms with Crippen LogP contribution < -0.4 is 0 Å². The van der Waals surface area contributed by atoms with E-state index in [1.165, 1.54) is 37.7 Å². The van der Waals surface area contributed by atoms with Gasteiger partial charge in [0, 0.05) is 0 Å². The molecule has 2 aromatic rings. The van der Waals surface area contributed by atoms with E-state index in [1.54, 1.807) is 24.3 Å². The van der Waals surface area contributed by atoms with E-state index in [1.807, 2.05) is 18.2 Å². The third kappa shape index (κ3) is 8.81. The van der Waals surface area contributed by atoms with E-state index in [4.69, 9.17) is 9.47 Å². The summed E-state index contributed by atoms with van der Waals surface area (Å²) in [6.07, 6.45) is 9.70. The summed E-state index contributed by atoms with van der Waals surface area (Å²) in [6, 6.07) is 16.8. The Hall–Kier alpha value is -2.62. The zero-order valence-electron chi connectivity index (χ0n) is 18.1. The van der Waals surface area contributed by atoms with Crippen molar-refractivity contribution < 1.29 is 19.1 Å². The average Bonchev–Trinajstić information content (AvgIpc) is 2.79. The number of unbranched alkanes of at least 4 members (excludes halogenated alkanes) is 6. The predicted molar refractivity (Wildman–Crippen MR) is 120 cm³/mol. The number of ether oxygens (including phenoxy) is 2. The first-order valence-corrected chi connectivity index (χ1v) is 11.2. The fraction of sp³-hybridized carbons (Fsp3) is 0.462. The standard InChI is InChI=1S/C26H34O4/c1-2-3-4-5-6-7-13-20-29-25(27)23-18-11-12-19-24(23)26(28)30-21-14-17-22-15-9-8-10-16-22/h8-12,15-16,18-19H,2-7,13-14,17,20-21H2,1H3. The molecule has 0 N–H and O–H groups in total. The van der Waals surface area contributed by atoms with Gasteiger partial charge < -0.3 is 9.47 Å². The molecule has 0 radical (unpaired) electrons. The van der Waals surface area contributed by atoms with Gasteiger partial charge in [-0.25, -0.2) is 9.59 Å². The fourth-order valence-electron chi connectivity index (χ4n) is 3.30. The minimum absolute atomic E-state index is 0.266. The van der Waals surface area contributed by atoms with E-state index in [-0.39, 0.29) is 11.1 Å². The highest BCUT2D eigenvalue weighted by Crippen LogP contribution is 2.14. The highest BCUT2D eigenvalue weighted by Gasteiger charge is 2.18. The molecule has 0 spiro atoms. The van der Waals surface area contributed by atoms with Crippen LogP contribution in [0.5, 0.6) is 0 Å². The zero-order valence-corrected chi connectivity index (χ0v) is 18.1. The Kier molecular flexibility index (Phi) is 11.3. The number of rotatable bonds is 14. The quantitative estimate of drug-likeness (QED) is 0.268. The van der Waals surface area contributed by atoms with Gasteiger partial charge in [-0.05, 0) is 37.0 Å². The van der Waals surface area contributed by atoms with Crippen LogP contribution in [0.4, 0.5) is 0 Å². The van der Waals surface area contributed by atoms with Crippen LogP contribution in [-0.4, -0.2) is 25.2 Å². The first-order chi connectivity index (χ1) is 14.7. The third-order valence-electron chi connectivity index (χ3n) is 5.03. The molecule has 30 heavy (non-hydrogen) atoms. The molecule has 0 saturated carbocycles. The Morgan fingerprint density at radius 3 is 1.73 bits per heavy atom. The SMILES string of the molecule is CCCCCCCCCOC(=O)c1ccccc1C(=O)OCCCc1ccccc1. The molecule has 4 heteroatoms. The smallest absolute Gasteiger partial charge is 0.339 e. The van der Waals surface area contributed by atoms with Gasteiger partial charge in [0.25, 0.3) is 0 Å². The summed E-state index contributed by atoms with van der Waals surface area (Å²) in [7, 11) is 0. The predicted octanol–water partition coefficient (Wildman–Crippen LogP) is 6.38. The van der Waals surface area contributed by atoms with Gasteiger partial charge in [-0.3, -0.25) is 0 Å². The second kappa shape index (κ2) is 14.4. The van der Waals surface area contributed by atoms with E-state index in [0.717, 1.165) is 25.7 Å². The molecule has 0 aliphatic rings. The molecule has 162 valence electrons.